The molecule has 188 valence electrons. The Balaban J connectivity index is 0.00000432. The third-order valence-corrected chi connectivity index (χ3v) is 7.33. The van der Waals surface area contributed by atoms with Crippen LogP contribution in [0.25, 0.3) is 6.08 Å². The summed E-state index contributed by atoms with van der Waals surface area (Å²) < 4.78 is 33.3. The van der Waals surface area contributed by atoms with Crippen molar-refractivity contribution in [1.29, 1.82) is 0 Å². The largest absolute Gasteiger partial charge is 0.497 e. The molecule has 0 heterocycles. The van der Waals surface area contributed by atoms with E-state index in [9.17, 15) is 13.5 Å². The first-order valence-corrected chi connectivity index (χ1v) is 12.6. The number of hydrogen-bond donors (Lipinski definition) is 1. The lowest BCUT2D eigenvalue weighted by atomic mass is 10.1. The van der Waals surface area contributed by atoms with Crippen molar-refractivity contribution in [1.82, 2.24) is 4.90 Å². The molecule has 0 saturated heterocycles. The highest BCUT2D eigenvalue weighted by Crippen LogP contribution is 2.28. The first-order chi connectivity index (χ1) is 16.3. The van der Waals surface area contributed by atoms with Gasteiger partial charge in [0.05, 0.1) is 30.8 Å². The molecule has 3 aromatic carbocycles. The van der Waals surface area contributed by atoms with Crippen LogP contribution < -0.4 is 9.04 Å². The molecule has 9 heteroatoms. The van der Waals surface area contributed by atoms with Gasteiger partial charge >= 0.3 is 0 Å². The van der Waals surface area contributed by atoms with Crippen molar-refractivity contribution in [3.63, 3.8) is 0 Å². The molecule has 3 rings (SSSR count). The van der Waals surface area contributed by atoms with Gasteiger partial charge in [0.1, 0.15) is 5.75 Å². The van der Waals surface area contributed by atoms with Gasteiger partial charge in [0.25, 0.3) is 10.0 Å². The number of ether oxygens (including phenoxy) is 1. The summed E-state index contributed by atoms with van der Waals surface area (Å²) in [6, 6.07) is 21.2. The molecular weight excluding hydrogens is 507 g/mol. The average molecular weight is 538 g/mol. The van der Waals surface area contributed by atoms with E-state index in [1.807, 2.05) is 55.6 Å². The Morgan fingerprint density at radius 3 is 2.29 bits per heavy atom. The monoisotopic (exact) mass is 536 g/mol. The Hall–Kier alpha value is -2.55. The third kappa shape index (κ3) is 7.72. The highest BCUT2D eigenvalue weighted by molar-refractivity contribution is 7.92. The smallest absolute Gasteiger partial charge is 0.264 e. The van der Waals surface area contributed by atoms with E-state index in [1.165, 1.54) is 23.5 Å². The number of para-hydroxylation sites is 1. The van der Waals surface area contributed by atoms with Crippen molar-refractivity contribution < 1.29 is 18.3 Å². The standard InChI is InChI=1S/C26H29ClN2O4S.ClH/c1-28(17-5-6-21-9-11-23(27)12-10-21)20-22-7-3-4-8-26(22)29(18-19-30)34(31,32)25-15-13-24(33-2)14-16-25;/h3-16,30H,17-20H2,1-2H3;1H. The molecule has 0 amide bonds. The zero-order chi connectivity index (χ0) is 24.6. The van der Waals surface area contributed by atoms with Crippen LogP contribution in [0.15, 0.2) is 83.8 Å². The van der Waals surface area contributed by atoms with Crippen LogP contribution in [0, 0.1) is 0 Å². The second-order valence-electron chi connectivity index (χ2n) is 7.76. The van der Waals surface area contributed by atoms with Crippen LogP contribution in [0.5, 0.6) is 5.75 Å². The van der Waals surface area contributed by atoms with Crippen LogP contribution in [0.4, 0.5) is 5.69 Å². The number of halogens is 2. The van der Waals surface area contributed by atoms with E-state index in [1.54, 1.807) is 24.3 Å². The lowest BCUT2D eigenvalue weighted by Gasteiger charge is -2.27. The van der Waals surface area contributed by atoms with E-state index >= 15 is 0 Å². The maximum atomic E-state index is 13.5. The van der Waals surface area contributed by atoms with Crippen LogP contribution in [-0.2, 0) is 16.6 Å². The molecule has 0 saturated carbocycles. The maximum absolute atomic E-state index is 13.5. The van der Waals surface area contributed by atoms with Gasteiger partial charge in [-0.15, -0.1) is 12.4 Å². The lowest BCUT2D eigenvalue weighted by Crippen LogP contribution is -2.35. The van der Waals surface area contributed by atoms with Crippen LogP contribution in [0.1, 0.15) is 11.1 Å². The number of aliphatic hydroxyl groups excluding tert-OH is 1. The molecule has 0 aliphatic rings. The van der Waals surface area contributed by atoms with Crippen LogP contribution >= 0.6 is 24.0 Å². The summed E-state index contributed by atoms with van der Waals surface area (Å²) in [6.07, 6.45) is 4.07. The normalized spacial score (nSPS) is 11.5. The van der Waals surface area contributed by atoms with Gasteiger partial charge in [0.15, 0.2) is 0 Å². The van der Waals surface area contributed by atoms with Gasteiger partial charge in [0.2, 0.25) is 0 Å². The van der Waals surface area contributed by atoms with Crippen LogP contribution in [0.2, 0.25) is 5.02 Å². The van der Waals surface area contributed by atoms with E-state index in [0.717, 1.165) is 11.1 Å². The predicted molar refractivity (Wildman–Crippen MR) is 145 cm³/mol. The van der Waals surface area contributed by atoms with Crippen molar-refractivity contribution in [3.05, 3.63) is 95.0 Å². The highest BCUT2D eigenvalue weighted by atomic mass is 35.5. The molecule has 0 aliphatic heterocycles. The third-order valence-electron chi connectivity index (χ3n) is 5.25. The Kier molecular flexibility index (Phi) is 11.1. The zero-order valence-corrected chi connectivity index (χ0v) is 22.1. The van der Waals surface area contributed by atoms with Gasteiger partial charge in [-0.25, -0.2) is 8.42 Å². The number of benzene rings is 3. The molecule has 1 N–H and O–H groups in total. The summed E-state index contributed by atoms with van der Waals surface area (Å²) in [6.45, 7) is 0.846. The number of aliphatic hydroxyl groups is 1. The Morgan fingerprint density at radius 1 is 1.00 bits per heavy atom. The summed E-state index contributed by atoms with van der Waals surface area (Å²) >= 11 is 5.93. The van der Waals surface area contributed by atoms with Crippen LogP contribution in [-0.4, -0.2) is 52.3 Å². The molecule has 0 aromatic heterocycles. The SMILES string of the molecule is COc1ccc(S(=O)(=O)N(CCO)c2ccccc2CN(C)CC=Cc2ccc(Cl)cc2)cc1.Cl. The molecule has 0 aliphatic carbocycles. The Labute approximate surface area is 218 Å². The minimum Gasteiger partial charge on any atom is -0.497 e. The van der Waals surface area contributed by atoms with Gasteiger partial charge in [-0.2, -0.15) is 0 Å². The summed E-state index contributed by atoms with van der Waals surface area (Å²) in [5.41, 5.74) is 2.44. The molecule has 0 unspecified atom stereocenters. The van der Waals surface area contributed by atoms with Gasteiger partial charge in [-0.3, -0.25) is 9.21 Å². The topological polar surface area (TPSA) is 70.1 Å². The molecule has 0 atom stereocenters. The summed E-state index contributed by atoms with van der Waals surface area (Å²) in [5.74, 6) is 0.571. The van der Waals surface area contributed by atoms with Crippen molar-refractivity contribution in [2.45, 2.75) is 11.4 Å². The minimum atomic E-state index is -3.88. The molecule has 0 fully saturated rings. The lowest BCUT2D eigenvalue weighted by molar-refractivity contribution is 0.306. The number of hydrogen-bond acceptors (Lipinski definition) is 5. The van der Waals surface area contributed by atoms with Gasteiger partial charge < -0.3 is 9.84 Å². The van der Waals surface area contributed by atoms with E-state index < -0.39 is 10.0 Å². The molecule has 0 spiro atoms. The maximum Gasteiger partial charge on any atom is 0.264 e. The van der Waals surface area contributed by atoms with E-state index in [-0.39, 0.29) is 30.5 Å². The minimum absolute atomic E-state index is 0. The van der Waals surface area contributed by atoms with E-state index in [4.69, 9.17) is 16.3 Å². The van der Waals surface area contributed by atoms with E-state index in [2.05, 4.69) is 4.90 Å². The fourth-order valence-electron chi connectivity index (χ4n) is 3.52. The first-order valence-electron chi connectivity index (χ1n) is 10.8. The predicted octanol–water partition coefficient (Wildman–Crippen LogP) is 5.10. The van der Waals surface area contributed by atoms with Crippen molar-refractivity contribution in [2.24, 2.45) is 0 Å². The Bertz CT molecular complexity index is 1200. The second-order valence-corrected chi connectivity index (χ2v) is 10.1. The first kappa shape index (κ1) is 28.7. The van der Waals surface area contributed by atoms with Crippen molar-refractivity contribution in [2.75, 3.05) is 38.2 Å². The second kappa shape index (κ2) is 13.5. The molecule has 35 heavy (non-hydrogen) atoms. The number of methoxy groups -OCH3 is 1. The van der Waals surface area contributed by atoms with Crippen LogP contribution in [0.3, 0.4) is 0 Å². The number of likely N-dealkylation sites (N-methyl/N-ethyl adjacent to an activating group) is 1. The zero-order valence-electron chi connectivity index (χ0n) is 19.7. The molecule has 0 radical (unpaired) electrons. The quantitative estimate of drug-likeness (QED) is 0.369. The van der Waals surface area contributed by atoms with Crippen molar-refractivity contribution in [3.8, 4) is 5.75 Å². The number of nitrogens with zero attached hydrogens (tertiary/aromatic N) is 2. The van der Waals surface area contributed by atoms with Gasteiger partial charge in [-0.1, -0.05) is 54.1 Å². The van der Waals surface area contributed by atoms with Gasteiger partial charge in [0, 0.05) is 18.1 Å². The fourth-order valence-corrected chi connectivity index (χ4v) is 5.14. The summed E-state index contributed by atoms with van der Waals surface area (Å²) in [4.78, 5) is 2.22. The summed E-state index contributed by atoms with van der Waals surface area (Å²) in [5, 5.41) is 10.3. The highest BCUT2D eigenvalue weighted by Gasteiger charge is 2.26. The summed E-state index contributed by atoms with van der Waals surface area (Å²) in [7, 11) is -0.385. The molecule has 0 bridgehead atoms. The Morgan fingerprint density at radius 2 is 1.66 bits per heavy atom. The molecule has 6 nitrogen and oxygen atoms in total. The fraction of sp³-hybridized carbons (Fsp3) is 0.231. The number of anilines is 1. The number of sulfonamides is 1. The van der Waals surface area contributed by atoms with Gasteiger partial charge in [-0.05, 0) is 60.6 Å². The molecular formula is C26H30Cl2N2O4S. The van der Waals surface area contributed by atoms with Crippen molar-refractivity contribution >= 4 is 45.8 Å². The average Bonchev–Trinajstić information content (AvgIpc) is 2.84. The van der Waals surface area contributed by atoms with E-state index in [0.29, 0.717) is 29.5 Å². The number of rotatable bonds is 11. The molecule has 3 aromatic rings.